The normalized spacial score (nSPS) is 10.9. The van der Waals surface area contributed by atoms with Crippen molar-refractivity contribution in [3.05, 3.63) is 51.5 Å². The minimum Gasteiger partial charge on any atom is -0.493 e. The van der Waals surface area contributed by atoms with Crippen molar-refractivity contribution in [1.82, 2.24) is 19.9 Å². The van der Waals surface area contributed by atoms with Gasteiger partial charge in [0.2, 0.25) is 4.77 Å². The number of pyridine rings is 1. The van der Waals surface area contributed by atoms with Gasteiger partial charge in [0.1, 0.15) is 0 Å². The predicted octanol–water partition coefficient (Wildman–Crippen LogP) is 4.30. The number of H-pyrrole nitrogens is 1. The molecule has 0 unspecified atom stereocenters. The lowest BCUT2D eigenvalue weighted by molar-refractivity contribution is 0.228. The number of ether oxygens (including phenoxy) is 2. The van der Waals surface area contributed by atoms with E-state index in [9.17, 15) is 0 Å². The monoisotopic (exact) mass is 449 g/mol. The lowest BCUT2D eigenvalue weighted by Gasteiger charge is -2.17. The van der Waals surface area contributed by atoms with Gasteiger partial charge in [-0.3, -0.25) is 4.98 Å². The molecule has 142 valence electrons. The number of aromatic nitrogens is 4. The SMILES string of the molecule is COc1cc(CNn2c(-c3ccncc3)n[nH]c2=S)cc(Br)c1OC(C)C. The molecule has 0 atom stereocenters. The Bertz CT molecular complexity index is 972. The van der Waals surface area contributed by atoms with Gasteiger partial charge in [-0.2, -0.15) is 5.10 Å². The van der Waals surface area contributed by atoms with Crippen molar-refractivity contribution in [1.29, 1.82) is 0 Å². The zero-order valence-electron chi connectivity index (χ0n) is 15.2. The molecular formula is C18H20BrN5O2S. The highest BCUT2D eigenvalue weighted by molar-refractivity contribution is 9.10. The quantitative estimate of drug-likeness (QED) is 0.523. The summed E-state index contributed by atoms with van der Waals surface area (Å²) in [4.78, 5) is 4.03. The van der Waals surface area contributed by atoms with Crippen LogP contribution < -0.4 is 14.9 Å². The highest BCUT2D eigenvalue weighted by atomic mass is 79.9. The predicted molar refractivity (Wildman–Crippen MR) is 110 cm³/mol. The first-order chi connectivity index (χ1) is 13.0. The third-order valence-electron chi connectivity index (χ3n) is 3.69. The van der Waals surface area contributed by atoms with Crippen LogP contribution in [-0.4, -0.2) is 33.1 Å². The van der Waals surface area contributed by atoms with Gasteiger partial charge in [-0.25, -0.2) is 9.77 Å². The molecule has 3 rings (SSSR count). The summed E-state index contributed by atoms with van der Waals surface area (Å²) in [7, 11) is 1.62. The summed E-state index contributed by atoms with van der Waals surface area (Å²) in [5, 5.41) is 7.11. The molecule has 0 saturated heterocycles. The molecule has 0 bridgehead atoms. The number of hydrogen-bond donors (Lipinski definition) is 2. The van der Waals surface area contributed by atoms with Crippen LogP contribution in [0.2, 0.25) is 0 Å². The van der Waals surface area contributed by atoms with Crippen LogP contribution in [0.3, 0.4) is 0 Å². The van der Waals surface area contributed by atoms with Crippen LogP contribution in [0.25, 0.3) is 11.4 Å². The smallest absolute Gasteiger partial charge is 0.214 e. The second kappa shape index (κ2) is 8.53. The standard InChI is InChI=1S/C18H20BrN5O2S/c1-11(2)26-16-14(19)8-12(9-15(16)25-3)10-21-24-17(22-23-18(24)27)13-4-6-20-7-5-13/h4-9,11,21H,10H2,1-3H3,(H,23,27). The molecule has 1 aromatic carbocycles. The number of nitrogens with zero attached hydrogens (tertiary/aromatic N) is 3. The first-order valence-corrected chi connectivity index (χ1v) is 9.54. The number of aromatic amines is 1. The number of benzene rings is 1. The molecule has 0 fully saturated rings. The largest absolute Gasteiger partial charge is 0.493 e. The van der Waals surface area contributed by atoms with E-state index in [1.165, 1.54) is 0 Å². The van der Waals surface area contributed by atoms with Crippen LogP contribution in [0.4, 0.5) is 0 Å². The number of methoxy groups -OCH3 is 1. The van der Waals surface area contributed by atoms with E-state index in [2.05, 4.69) is 36.5 Å². The Hall–Kier alpha value is -2.39. The summed E-state index contributed by atoms with van der Waals surface area (Å²) < 4.78 is 14.4. The Kier molecular flexibility index (Phi) is 6.12. The van der Waals surface area contributed by atoms with E-state index in [0.29, 0.717) is 28.6 Å². The molecule has 2 N–H and O–H groups in total. The summed E-state index contributed by atoms with van der Waals surface area (Å²) >= 11 is 8.91. The van der Waals surface area contributed by atoms with Crippen molar-refractivity contribution < 1.29 is 9.47 Å². The van der Waals surface area contributed by atoms with Gasteiger partial charge in [-0.1, -0.05) is 0 Å². The molecule has 2 heterocycles. The van der Waals surface area contributed by atoms with E-state index >= 15 is 0 Å². The van der Waals surface area contributed by atoms with Crippen molar-refractivity contribution in [2.24, 2.45) is 0 Å². The molecule has 0 aliphatic heterocycles. The second-order valence-electron chi connectivity index (χ2n) is 6.03. The van der Waals surface area contributed by atoms with Gasteiger partial charge in [0.05, 0.1) is 24.2 Å². The zero-order valence-corrected chi connectivity index (χ0v) is 17.6. The Morgan fingerprint density at radius 3 is 2.70 bits per heavy atom. The second-order valence-corrected chi connectivity index (χ2v) is 7.28. The highest BCUT2D eigenvalue weighted by Crippen LogP contribution is 2.37. The number of hydrogen-bond acceptors (Lipinski definition) is 6. The van der Waals surface area contributed by atoms with Gasteiger partial charge in [0, 0.05) is 18.0 Å². The van der Waals surface area contributed by atoms with Gasteiger partial charge < -0.3 is 14.9 Å². The van der Waals surface area contributed by atoms with Gasteiger partial charge in [0.15, 0.2) is 17.3 Å². The molecule has 9 heteroatoms. The average molecular weight is 450 g/mol. The molecule has 0 amide bonds. The van der Waals surface area contributed by atoms with Gasteiger partial charge in [-0.05, 0) is 71.8 Å². The summed E-state index contributed by atoms with van der Waals surface area (Å²) in [5.41, 5.74) is 5.20. The summed E-state index contributed by atoms with van der Waals surface area (Å²) in [6.45, 7) is 4.47. The van der Waals surface area contributed by atoms with E-state index in [0.717, 1.165) is 15.6 Å². The molecule has 0 radical (unpaired) electrons. The minimum atomic E-state index is 0.0476. The van der Waals surface area contributed by atoms with Crippen LogP contribution in [0.1, 0.15) is 19.4 Å². The highest BCUT2D eigenvalue weighted by Gasteiger charge is 2.14. The van der Waals surface area contributed by atoms with Gasteiger partial charge in [-0.15, -0.1) is 0 Å². The lowest BCUT2D eigenvalue weighted by Crippen LogP contribution is -2.16. The lowest BCUT2D eigenvalue weighted by atomic mass is 10.2. The topological polar surface area (TPSA) is 77.0 Å². The van der Waals surface area contributed by atoms with E-state index in [1.807, 2.05) is 38.1 Å². The fourth-order valence-electron chi connectivity index (χ4n) is 2.53. The third-order valence-corrected chi connectivity index (χ3v) is 4.56. The molecule has 7 nitrogen and oxygen atoms in total. The molecule has 0 spiro atoms. The minimum absolute atomic E-state index is 0.0476. The Labute approximate surface area is 170 Å². The van der Waals surface area contributed by atoms with E-state index in [4.69, 9.17) is 21.7 Å². The Morgan fingerprint density at radius 2 is 2.04 bits per heavy atom. The molecule has 2 aromatic heterocycles. The summed E-state index contributed by atoms with van der Waals surface area (Å²) in [5.74, 6) is 2.04. The van der Waals surface area contributed by atoms with Crippen LogP contribution in [0, 0.1) is 4.77 Å². The molecule has 0 aliphatic carbocycles. The van der Waals surface area contributed by atoms with E-state index in [-0.39, 0.29) is 6.10 Å². The molecule has 27 heavy (non-hydrogen) atoms. The Morgan fingerprint density at radius 1 is 1.30 bits per heavy atom. The first-order valence-electron chi connectivity index (χ1n) is 8.34. The maximum absolute atomic E-state index is 5.83. The summed E-state index contributed by atoms with van der Waals surface area (Å²) in [6.07, 6.45) is 3.48. The molecule has 0 saturated carbocycles. The fraction of sp³-hybridized carbons (Fsp3) is 0.278. The summed E-state index contributed by atoms with van der Waals surface area (Å²) in [6, 6.07) is 7.68. The number of rotatable bonds is 7. The van der Waals surface area contributed by atoms with Crippen molar-refractivity contribution in [3.8, 4) is 22.9 Å². The zero-order chi connectivity index (χ0) is 19.4. The van der Waals surface area contributed by atoms with Crippen molar-refractivity contribution in [2.75, 3.05) is 12.5 Å². The first kappa shape index (κ1) is 19.4. The van der Waals surface area contributed by atoms with Crippen molar-refractivity contribution in [3.63, 3.8) is 0 Å². The maximum atomic E-state index is 5.83. The Balaban J connectivity index is 1.85. The van der Waals surface area contributed by atoms with Crippen molar-refractivity contribution >= 4 is 28.1 Å². The van der Waals surface area contributed by atoms with E-state index < -0.39 is 0 Å². The molecule has 0 aliphatic rings. The van der Waals surface area contributed by atoms with Crippen molar-refractivity contribution in [2.45, 2.75) is 26.5 Å². The number of nitrogens with one attached hydrogen (secondary N) is 2. The maximum Gasteiger partial charge on any atom is 0.214 e. The van der Waals surface area contributed by atoms with Crippen LogP contribution in [0.5, 0.6) is 11.5 Å². The van der Waals surface area contributed by atoms with Crippen LogP contribution >= 0.6 is 28.1 Å². The van der Waals surface area contributed by atoms with Gasteiger partial charge >= 0.3 is 0 Å². The van der Waals surface area contributed by atoms with E-state index in [1.54, 1.807) is 24.2 Å². The third kappa shape index (κ3) is 4.48. The number of halogens is 1. The van der Waals surface area contributed by atoms with Gasteiger partial charge in [0.25, 0.3) is 0 Å². The van der Waals surface area contributed by atoms with Crippen LogP contribution in [0.15, 0.2) is 41.1 Å². The van der Waals surface area contributed by atoms with Crippen LogP contribution in [-0.2, 0) is 6.54 Å². The average Bonchev–Trinajstić information content (AvgIpc) is 3.02. The molecular weight excluding hydrogens is 430 g/mol. The molecule has 3 aromatic rings. The fourth-order valence-corrected chi connectivity index (χ4v) is 3.31.